The fourth-order valence-corrected chi connectivity index (χ4v) is 4.12. The quantitative estimate of drug-likeness (QED) is 0.621. The molecule has 1 heterocycles. The molecule has 33 heavy (non-hydrogen) atoms. The Bertz CT molecular complexity index is 966. The maximum Gasteiger partial charge on any atom is 0.341 e. The number of methoxy groups -OCH3 is 1. The minimum atomic E-state index is -1.07. The number of benzene rings is 2. The average Bonchev–Trinajstić information content (AvgIpc) is 2.79. The Hall–Kier alpha value is -3.13. The zero-order valence-electron chi connectivity index (χ0n) is 19.3. The first kappa shape index (κ1) is 24.5. The number of amides is 1. The summed E-state index contributed by atoms with van der Waals surface area (Å²) in [6, 6.07) is 12.0. The molecule has 0 radical (unpaired) electrons. The van der Waals surface area contributed by atoms with Crippen LogP contribution >= 0.6 is 0 Å². The van der Waals surface area contributed by atoms with Gasteiger partial charge >= 0.3 is 5.97 Å². The van der Waals surface area contributed by atoms with Crippen molar-refractivity contribution in [3.63, 3.8) is 0 Å². The molecule has 1 fully saturated rings. The van der Waals surface area contributed by atoms with Crippen molar-refractivity contribution in [1.29, 1.82) is 0 Å². The van der Waals surface area contributed by atoms with Gasteiger partial charge in [-0.2, -0.15) is 0 Å². The lowest BCUT2D eigenvalue weighted by molar-refractivity contribution is -0.139. The number of ether oxygens (including phenoxy) is 2. The van der Waals surface area contributed by atoms with E-state index in [1.807, 2.05) is 11.8 Å². The first-order valence-electron chi connectivity index (χ1n) is 11.1. The number of piperazine rings is 1. The van der Waals surface area contributed by atoms with E-state index in [2.05, 4.69) is 11.8 Å². The van der Waals surface area contributed by atoms with Gasteiger partial charge in [0.1, 0.15) is 17.3 Å². The molecule has 0 aliphatic carbocycles. The molecule has 3 rings (SSSR count). The van der Waals surface area contributed by atoms with Crippen LogP contribution < -0.4 is 9.47 Å². The van der Waals surface area contributed by atoms with Crippen molar-refractivity contribution in [3.05, 3.63) is 59.4 Å². The Kier molecular flexibility index (Phi) is 8.27. The van der Waals surface area contributed by atoms with Crippen LogP contribution in [0.5, 0.6) is 11.5 Å². The standard InChI is InChI=1S/C25H31FN2O5/c1-17-14-28(18(2)13-27(17)15-19-4-8-21(26)9-5-19)24(29)11-7-20-6-10-22(32-3)12-23(20)33-16-25(30)31/h4-6,8-10,12,17-18H,7,11,13-16H2,1-3H3,(H,30,31)/t17-,18+/m0/s1. The molecule has 0 unspecified atom stereocenters. The monoisotopic (exact) mass is 458 g/mol. The van der Waals surface area contributed by atoms with Crippen molar-refractivity contribution < 1.29 is 28.6 Å². The van der Waals surface area contributed by atoms with Gasteiger partial charge < -0.3 is 19.5 Å². The van der Waals surface area contributed by atoms with Crippen LogP contribution in [-0.4, -0.2) is 65.7 Å². The largest absolute Gasteiger partial charge is 0.497 e. The van der Waals surface area contributed by atoms with Gasteiger partial charge in [0, 0.05) is 44.2 Å². The summed E-state index contributed by atoms with van der Waals surface area (Å²) < 4.78 is 23.8. The first-order valence-corrected chi connectivity index (χ1v) is 11.1. The highest BCUT2D eigenvalue weighted by Crippen LogP contribution is 2.27. The molecule has 0 aromatic heterocycles. The molecule has 2 aromatic carbocycles. The van der Waals surface area contributed by atoms with Crippen LogP contribution in [0.1, 0.15) is 31.4 Å². The second-order valence-electron chi connectivity index (χ2n) is 8.46. The zero-order chi connectivity index (χ0) is 24.0. The smallest absolute Gasteiger partial charge is 0.341 e. The molecule has 1 N–H and O–H groups in total. The lowest BCUT2D eigenvalue weighted by Crippen LogP contribution is -2.57. The van der Waals surface area contributed by atoms with E-state index in [-0.39, 0.29) is 23.8 Å². The molecule has 2 aromatic rings. The van der Waals surface area contributed by atoms with E-state index in [0.717, 1.165) is 17.7 Å². The molecule has 1 amide bonds. The highest BCUT2D eigenvalue weighted by Gasteiger charge is 2.31. The Balaban J connectivity index is 1.59. The molecule has 1 saturated heterocycles. The molecule has 178 valence electrons. The molecule has 0 spiro atoms. The van der Waals surface area contributed by atoms with Crippen LogP contribution in [0, 0.1) is 5.82 Å². The summed E-state index contributed by atoms with van der Waals surface area (Å²) in [5.41, 5.74) is 1.81. The minimum Gasteiger partial charge on any atom is -0.497 e. The van der Waals surface area contributed by atoms with Gasteiger partial charge in [0.2, 0.25) is 5.91 Å². The number of hydrogen-bond acceptors (Lipinski definition) is 5. The second kappa shape index (κ2) is 11.1. The van der Waals surface area contributed by atoms with Crippen molar-refractivity contribution in [1.82, 2.24) is 9.80 Å². The van der Waals surface area contributed by atoms with E-state index in [1.165, 1.54) is 19.2 Å². The number of aliphatic carboxylic acids is 1. The number of carbonyl (C=O) groups is 2. The highest BCUT2D eigenvalue weighted by molar-refractivity contribution is 5.77. The van der Waals surface area contributed by atoms with Gasteiger partial charge in [-0.25, -0.2) is 9.18 Å². The van der Waals surface area contributed by atoms with Gasteiger partial charge in [-0.1, -0.05) is 18.2 Å². The number of hydrogen-bond donors (Lipinski definition) is 1. The molecule has 2 atom stereocenters. The predicted molar refractivity (Wildman–Crippen MR) is 122 cm³/mol. The Morgan fingerprint density at radius 2 is 1.82 bits per heavy atom. The summed E-state index contributed by atoms with van der Waals surface area (Å²) in [5, 5.41) is 8.92. The van der Waals surface area contributed by atoms with Gasteiger partial charge in [0.05, 0.1) is 7.11 Å². The van der Waals surface area contributed by atoms with Gasteiger partial charge in [0.15, 0.2) is 6.61 Å². The van der Waals surface area contributed by atoms with E-state index in [1.54, 1.807) is 30.3 Å². The molecule has 8 heteroatoms. The Labute approximate surface area is 193 Å². The van der Waals surface area contributed by atoms with Crippen molar-refractivity contribution in [2.75, 3.05) is 26.8 Å². The third-order valence-corrected chi connectivity index (χ3v) is 5.97. The highest BCUT2D eigenvalue weighted by atomic mass is 19.1. The van der Waals surface area contributed by atoms with Gasteiger partial charge in [0.25, 0.3) is 0 Å². The molecule has 7 nitrogen and oxygen atoms in total. The summed E-state index contributed by atoms with van der Waals surface area (Å²) in [7, 11) is 1.53. The number of aryl methyl sites for hydroxylation is 1. The lowest BCUT2D eigenvalue weighted by atomic mass is 10.0. The summed E-state index contributed by atoms with van der Waals surface area (Å²) in [5.74, 6) is -0.291. The third kappa shape index (κ3) is 6.68. The molecule has 0 saturated carbocycles. The van der Waals surface area contributed by atoms with Crippen LogP contribution in [0.3, 0.4) is 0 Å². The number of carbonyl (C=O) groups excluding carboxylic acids is 1. The fraction of sp³-hybridized carbons (Fsp3) is 0.440. The Morgan fingerprint density at radius 1 is 1.09 bits per heavy atom. The third-order valence-electron chi connectivity index (χ3n) is 5.97. The number of nitrogens with zero attached hydrogens (tertiary/aromatic N) is 2. The maximum atomic E-state index is 13.2. The summed E-state index contributed by atoms with van der Waals surface area (Å²) in [6.07, 6.45) is 0.736. The van der Waals surface area contributed by atoms with E-state index in [0.29, 0.717) is 37.4 Å². The van der Waals surface area contributed by atoms with Crippen LogP contribution in [0.25, 0.3) is 0 Å². The topological polar surface area (TPSA) is 79.3 Å². The molecular formula is C25H31FN2O5. The summed E-state index contributed by atoms with van der Waals surface area (Å²) in [4.78, 5) is 28.2. The van der Waals surface area contributed by atoms with Gasteiger partial charge in [-0.15, -0.1) is 0 Å². The maximum absolute atomic E-state index is 13.2. The van der Waals surface area contributed by atoms with Gasteiger partial charge in [-0.05, 0) is 49.6 Å². The molecule has 1 aliphatic rings. The SMILES string of the molecule is COc1ccc(CCC(=O)N2C[C@H](C)N(Cc3ccc(F)cc3)C[C@H]2C)c(OCC(=O)O)c1. The Morgan fingerprint density at radius 3 is 2.48 bits per heavy atom. The van der Waals surface area contributed by atoms with Crippen LogP contribution in [-0.2, 0) is 22.6 Å². The van der Waals surface area contributed by atoms with Gasteiger partial charge in [-0.3, -0.25) is 9.69 Å². The van der Waals surface area contributed by atoms with Crippen LogP contribution in [0.4, 0.5) is 4.39 Å². The fourth-order valence-electron chi connectivity index (χ4n) is 4.12. The van der Waals surface area contributed by atoms with Crippen molar-refractivity contribution >= 4 is 11.9 Å². The molecule has 1 aliphatic heterocycles. The first-order chi connectivity index (χ1) is 15.8. The average molecular weight is 459 g/mol. The number of rotatable bonds is 9. The van der Waals surface area contributed by atoms with Crippen molar-refractivity contribution in [2.45, 2.75) is 45.3 Å². The molecule has 0 bridgehead atoms. The second-order valence-corrected chi connectivity index (χ2v) is 8.46. The lowest BCUT2D eigenvalue weighted by Gasteiger charge is -2.44. The molecular weight excluding hydrogens is 427 g/mol. The zero-order valence-corrected chi connectivity index (χ0v) is 19.3. The van der Waals surface area contributed by atoms with E-state index < -0.39 is 12.6 Å². The number of carboxylic acid groups (broad SMARTS) is 1. The number of carboxylic acids is 1. The van der Waals surface area contributed by atoms with E-state index in [4.69, 9.17) is 14.6 Å². The predicted octanol–water partition coefficient (Wildman–Crippen LogP) is 3.35. The van der Waals surface area contributed by atoms with E-state index >= 15 is 0 Å². The van der Waals surface area contributed by atoms with Crippen LogP contribution in [0.2, 0.25) is 0 Å². The minimum absolute atomic E-state index is 0.0488. The summed E-state index contributed by atoms with van der Waals surface area (Å²) in [6.45, 7) is 5.74. The normalized spacial score (nSPS) is 18.7. The summed E-state index contributed by atoms with van der Waals surface area (Å²) >= 11 is 0. The van der Waals surface area contributed by atoms with Crippen LogP contribution in [0.15, 0.2) is 42.5 Å². The van der Waals surface area contributed by atoms with Crippen molar-refractivity contribution in [3.8, 4) is 11.5 Å². The van der Waals surface area contributed by atoms with E-state index in [9.17, 15) is 14.0 Å². The van der Waals surface area contributed by atoms with Crippen molar-refractivity contribution in [2.24, 2.45) is 0 Å². The number of halogens is 1.